The van der Waals surface area contributed by atoms with E-state index < -0.39 is 8.99 Å². The largest absolute Gasteiger partial charge is 0.118 e. The van der Waals surface area contributed by atoms with Gasteiger partial charge in [-0.15, -0.1) is 23.2 Å². The minimum atomic E-state index is -0.758. The van der Waals surface area contributed by atoms with Crippen molar-refractivity contribution in [2.45, 2.75) is 62.4 Å². The average Bonchev–Trinajstić information content (AvgIpc) is 3.58. The molecule has 10 rings (SSSR count). The summed E-state index contributed by atoms with van der Waals surface area (Å²) in [6.07, 6.45) is 3.86. The number of fused-ring (bicyclic) bond motifs is 8. The molecule has 0 nitrogen and oxygen atoms in total. The number of benzene rings is 8. The van der Waals surface area contributed by atoms with Crippen molar-refractivity contribution in [3.8, 4) is 22.3 Å². The van der Waals surface area contributed by atoms with Gasteiger partial charge < -0.3 is 0 Å². The molecule has 0 aliphatic heterocycles. The minimum absolute atomic E-state index is 0. The third kappa shape index (κ3) is 5.84. The fourth-order valence-electron chi connectivity index (χ4n) is 10.4. The summed E-state index contributed by atoms with van der Waals surface area (Å²) in [5, 5.41) is 10.1. The molecule has 2 aliphatic carbocycles. The normalized spacial score (nSPS) is 18.7. The molecule has 58 heavy (non-hydrogen) atoms. The second-order valence-corrected chi connectivity index (χ2v) is 19.5. The van der Waals surface area contributed by atoms with Crippen LogP contribution >= 0.6 is 23.2 Å². The Labute approximate surface area is 373 Å². The SMILES string of the molecule is CCCC1=C(C)c2c(-c3cc4ccccc4c4ccccc34)cccc2C1(Cl)[Si]C1(Cl)C(CCC)=C(C)c2c(-c3cc4ccccc4c4ccccc34)cccc21.[Zr]. The summed E-state index contributed by atoms with van der Waals surface area (Å²) in [7, 11) is 0.186. The summed E-state index contributed by atoms with van der Waals surface area (Å²) in [5.74, 6) is 0. The molecule has 2 unspecified atom stereocenters. The molecule has 0 amide bonds. The number of hydrogen-bond acceptors (Lipinski definition) is 0. The molecule has 0 spiro atoms. The number of rotatable bonds is 8. The second-order valence-electron chi connectivity index (χ2n) is 16.0. The van der Waals surface area contributed by atoms with Gasteiger partial charge in [0.05, 0.1) is 8.99 Å². The molecule has 2 radical (unpaired) electrons. The number of halogens is 2. The molecular formula is C54H44Cl2SiZr. The van der Waals surface area contributed by atoms with Gasteiger partial charge in [-0.05, 0) is 149 Å². The molecule has 2 aliphatic rings. The Morgan fingerprint density at radius 2 is 0.793 bits per heavy atom. The summed E-state index contributed by atoms with van der Waals surface area (Å²) in [6.45, 7) is 9.17. The van der Waals surface area contributed by atoms with E-state index in [2.05, 4.69) is 173 Å². The first-order chi connectivity index (χ1) is 27.8. The van der Waals surface area contributed by atoms with Gasteiger partial charge in [0.25, 0.3) is 0 Å². The van der Waals surface area contributed by atoms with Crippen LogP contribution in [0, 0.1) is 0 Å². The fraction of sp³-hybridized carbons (Fsp3) is 0.185. The molecule has 4 heteroatoms. The molecule has 8 aromatic carbocycles. The molecule has 0 fully saturated rings. The van der Waals surface area contributed by atoms with Gasteiger partial charge in [-0.3, -0.25) is 0 Å². The van der Waals surface area contributed by atoms with Crippen molar-refractivity contribution < 1.29 is 26.2 Å². The first-order valence-corrected chi connectivity index (χ1v) is 22.2. The average molecular weight is 883 g/mol. The van der Waals surface area contributed by atoms with Gasteiger partial charge in [0.1, 0.15) is 9.52 Å². The second kappa shape index (κ2) is 15.2. The zero-order chi connectivity index (χ0) is 39.1. The van der Waals surface area contributed by atoms with E-state index in [0.29, 0.717) is 0 Å². The maximum atomic E-state index is 8.41. The van der Waals surface area contributed by atoms with Crippen LogP contribution in [0.2, 0.25) is 0 Å². The Balaban J connectivity index is 0.00000436. The summed E-state index contributed by atoms with van der Waals surface area (Å²) in [5.41, 5.74) is 15.2. The first-order valence-electron chi connectivity index (χ1n) is 20.5. The smallest absolute Gasteiger partial charge is 0.114 e. The van der Waals surface area contributed by atoms with Crippen molar-refractivity contribution in [1.82, 2.24) is 0 Å². The molecule has 0 heterocycles. The third-order valence-electron chi connectivity index (χ3n) is 12.8. The third-order valence-corrected chi connectivity index (χ3v) is 16.1. The van der Waals surface area contributed by atoms with Crippen molar-refractivity contribution >= 4 is 87.0 Å². The zero-order valence-electron chi connectivity index (χ0n) is 33.4. The Kier molecular flexibility index (Phi) is 10.3. The number of hydrogen-bond donors (Lipinski definition) is 0. The predicted molar refractivity (Wildman–Crippen MR) is 250 cm³/mol. The molecule has 0 aromatic heterocycles. The molecule has 282 valence electrons. The van der Waals surface area contributed by atoms with Crippen LogP contribution in [0.4, 0.5) is 0 Å². The summed E-state index contributed by atoms with van der Waals surface area (Å²) < 4.78 is -1.52. The van der Waals surface area contributed by atoms with Crippen LogP contribution in [0.1, 0.15) is 75.6 Å². The van der Waals surface area contributed by atoms with E-state index >= 15 is 0 Å². The van der Waals surface area contributed by atoms with Crippen molar-refractivity contribution in [1.29, 1.82) is 0 Å². The van der Waals surface area contributed by atoms with E-state index in [1.54, 1.807) is 0 Å². The van der Waals surface area contributed by atoms with Crippen molar-refractivity contribution in [3.05, 3.63) is 179 Å². The monoisotopic (exact) mass is 880 g/mol. The van der Waals surface area contributed by atoms with Crippen molar-refractivity contribution in [3.63, 3.8) is 0 Å². The van der Waals surface area contributed by atoms with Crippen LogP contribution in [-0.4, -0.2) is 9.52 Å². The Morgan fingerprint density at radius 1 is 0.431 bits per heavy atom. The Morgan fingerprint density at radius 3 is 1.19 bits per heavy atom. The van der Waals surface area contributed by atoms with Gasteiger partial charge >= 0.3 is 0 Å². The summed E-state index contributed by atoms with van der Waals surface area (Å²) >= 11 is 16.8. The molecular weight excluding hydrogens is 839 g/mol. The van der Waals surface area contributed by atoms with Gasteiger partial charge in [0.2, 0.25) is 0 Å². The summed E-state index contributed by atoms with van der Waals surface area (Å²) in [6, 6.07) is 53.6. The van der Waals surface area contributed by atoms with E-state index in [4.69, 9.17) is 23.2 Å². The van der Waals surface area contributed by atoms with Gasteiger partial charge in [-0.25, -0.2) is 0 Å². The number of allylic oxidation sites excluding steroid dienone is 4. The maximum absolute atomic E-state index is 8.41. The molecule has 0 saturated carbocycles. The fourth-order valence-corrected chi connectivity index (χ4v) is 14.2. The van der Waals surface area contributed by atoms with Gasteiger partial charge in [-0.1, -0.05) is 160 Å². The standard InChI is InChI=1S/C54H44Cl2Si.Zr/c1-5-17-47-33(3)51-43(45-31-35-19-7-9-21-37(35)39-23-11-13-25-41(39)45)27-15-29-49(51)53(47,55)57-54(56)48(18-6-2)34(4)52-44(28-16-30-50(52)54)46-32-36-20-8-10-22-38(36)40-24-12-14-26-42(40)46;/h7-16,19-32H,5-6,17-18H2,1-4H3;. The van der Waals surface area contributed by atoms with Gasteiger partial charge in [-0.2, -0.15) is 0 Å². The van der Waals surface area contributed by atoms with Crippen LogP contribution in [0.25, 0.3) is 76.5 Å². The van der Waals surface area contributed by atoms with Gasteiger partial charge in [0, 0.05) is 26.2 Å². The quantitative estimate of drug-likeness (QED) is 0.0810. The van der Waals surface area contributed by atoms with Crippen LogP contribution in [0.3, 0.4) is 0 Å². The molecule has 8 aromatic rings. The van der Waals surface area contributed by atoms with Gasteiger partial charge in [0.15, 0.2) is 0 Å². The van der Waals surface area contributed by atoms with Crippen LogP contribution in [0.15, 0.2) is 157 Å². The van der Waals surface area contributed by atoms with Crippen LogP contribution in [0.5, 0.6) is 0 Å². The van der Waals surface area contributed by atoms with E-state index in [1.807, 2.05) is 0 Å². The van der Waals surface area contributed by atoms with E-state index in [0.717, 1.165) is 25.7 Å². The summed E-state index contributed by atoms with van der Waals surface area (Å²) in [4.78, 5) is 0. The van der Waals surface area contributed by atoms with Crippen LogP contribution < -0.4 is 0 Å². The van der Waals surface area contributed by atoms with Crippen molar-refractivity contribution in [2.24, 2.45) is 0 Å². The molecule has 0 N–H and O–H groups in total. The topological polar surface area (TPSA) is 0 Å². The molecule has 0 bridgehead atoms. The predicted octanol–water partition coefficient (Wildman–Crippen LogP) is 16.0. The maximum Gasteiger partial charge on any atom is 0.118 e. The Bertz CT molecular complexity index is 2830. The van der Waals surface area contributed by atoms with Crippen LogP contribution in [-0.2, 0) is 35.2 Å². The van der Waals surface area contributed by atoms with E-state index in [1.165, 1.54) is 110 Å². The molecule has 2 atom stereocenters. The Hall–Kier alpha value is -4.04. The first kappa shape index (κ1) is 39.4. The molecule has 0 saturated heterocycles. The van der Waals surface area contributed by atoms with E-state index in [-0.39, 0.29) is 35.7 Å². The number of alkyl halides is 2. The van der Waals surface area contributed by atoms with E-state index in [9.17, 15) is 0 Å². The van der Waals surface area contributed by atoms with Crippen molar-refractivity contribution in [2.75, 3.05) is 0 Å². The zero-order valence-corrected chi connectivity index (χ0v) is 38.4. The minimum Gasteiger partial charge on any atom is -0.114 e.